The van der Waals surface area contributed by atoms with Crippen LogP contribution in [0.2, 0.25) is 0 Å². The summed E-state index contributed by atoms with van der Waals surface area (Å²) >= 11 is 0.931. The first kappa shape index (κ1) is 15.7. The number of hydrogen-bond acceptors (Lipinski definition) is 2. The number of hydrogen-bond donors (Lipinski definition) is 3. The molecule has 1 aromatic rings. The molecule has 3 N–H and O–H groups in total. The summed E-state index contributed by atoms with van der Waals surface area (Å²) in [7, 11) is -2.98. The van der Waals surface area contributed by atoms with Gasteiger partial charge in [-0.1, -0.05) is 0 Å². The van der Waals surface area contributed by atoms with Gasteiger partial charge in [-0.25, -0.2) is 4.57 Å². The Morgan fingerprint density at radius 1 is 1.25 bits per heavy atom. The van der Waals surface area contributed by atoms with Crippen LogP contribution in [0.5, 0.6) is 5.75 Å². The molecule has 0 saturated carbocycles. The van der Waals surface area contributed by atoms with Crippen molar-refractivity contribution in [3.63, 3.8) is 0 Å². The molecule has 0 bridgehead atoms. The summed E-state index contributed by atoms with van der Waals surface area (Å²) in [5.74, 6) is 3.89. The third-order valence-corrected chi connectivity index (χ3v) is 1.61. The van der Waals surface area contributed by atoms with Crippen LogP contribution in [0.1, 0.15) is 5.56 Å². The quantitative estimate of drug-likeness (QED) is 0.378. The molecule has 0 unspecified atom stereocenters. The Morgan fingerprint density at radius 3 is 2.00 bits per heavy atom. The van der Waals surface area contributed by atoms with Gasteiger partial charge in [0.15, 0.2) is 0 Å². The van der Waals surface area contributed by atoms with E-state index in [2.05, 4.69) is 9.09 Å². The van der Waals surface area contributed by atoms with Crippen LogP contribution in [0.15, 0.2) is 24.3 Å². The Hall–Kier alpha value is -0.310. The largest absolute Gasteiger partial charge is 0.466 e. The summed E-state index contributed by atoms with van der Waals surface area (Å²) in [6.07, 6.45) is 0. The molecule has 0 amide bonds. The number of ether oxygens (including phenoxy) is 1. The van der Waals surface area contributed by atoms with Gasteiger partial charge in [-0.05, 0) is 0 Å². The predicted molar refractivity (Wildman–Crippen MR) is 59.9 cm³/mol. The molecule has 7 heteroatoms. The van der Waals surface area contributed by atoms with E-state index in [-0.39, 0.29) is 0 Å². The van der Waals surface area contributed by atoms with E-state index in [9.17, 15) is 0 Å². The fourth-order valence-corrected chi connectivity index (χ4v) is 1.11. The minimum atomic E-state index is -4.64. The molecular formula is C9H10NaO5P. The van der Waals surface area contributed by atoms with Gasteiger partial charge in [-0.15, -0.1) is 0 Å². The molecule has 1 rings (SSSR count). The summed E-state index contributed by atoms with van der Waals surface area (Å²) in [4.78, 5) is 21.6. The Kier molecular flexibility index (Phi) is 7.73. The molecule has 5 nitrogen and oxygen atoms in total. The molecule has 0 spiro atoms. The van der Waals surface area contributed by atoms with Gasteiger partial charge >= 0.3 is 92.3 Å². The van der Waals surface area contributed by atoms with Gasteiger partial charge in [0.2, 0.25) is 0 Å². The number of benzene rings is 1. The molecule has 0 aliphatic carbocycles. The van der Waals surface area contributed by atoms with Gasteiger partial charge in [-0.3, -0.25) is 0 Å². The minimum absolute atomic E-state index is 0.879. The van der Waals surface area contributed by atoms with Gasteiger partial charge in [-0.2, -0.15) is 0 Å². The van der Waals surface area contributed by atoms with Gasteiger partial charge < -0.3 is 14.7 Å². The average Bonchev–Trinajstić information content (AvgIpc) is 2.17. The Morgan fingerprint density at radius 2 is 1.69 bits per heavy atom. The summed E-state index contributed by atoms with van der Waals surface area (Å²) in [6, 6.07) is 7.76. The smallest absolute Gasteiger partial charge is 0.303 e. The van der Waals surface area contributed by atoms with Crippen LogP contribution in [-0.4, -0.2) is 49.7 Å². The summed E-state index contributed by atoms with van der Waals surface area (Å²) in [5, 5.41) is 0. The third-order valence-electron chi connectivity index (χ3n) is 1.36. The van der Waals surface area contributed by atoms with Crippen molar-refractivity contribution in [2.45, 2.75) is 0 Å². The number of methoxy groups -OCH3 is 1. The van der Waals surface area contributed by atoms with Crippen molar-refractivity contribution < 1.29 is 24.0 Å². The van der Waals surface area contributed by atoms with E-state index in [1.165, 1.54) is 0 Å². The second kappa shape index (κ2) is 7.88. The first-order valence-corrected chi connectivity index (χ1v) is 6.78. The molecule has 16 heavy (non-hydrogen) atoms. The van der Waals surface area contributed by atoms with Crippen molar-refractivity contribution in [2.24, 2.45) is 0 Å². The van der Waals surface area contributed by atoms with E-state index in [1.54, 1.807) is 7.11 Å². The minimum Gasteiger partial charge on any atom is -0.303 e. The molecule has 0 aromatic heterocycles. The van der Waals surface area contributed by atoms with E-state index in [4.69, 9.17) is 24.0 Å². The molecule has 0 saturated heterocycles. The molecule has 0 fully saturated rings. The third kappa shape index (κ3) is 10.2. The predicted octanol–water partition coefficient (Wildman–Crippen LogP) is 0.244. The fraction of sp³-hybridized carbons (Fsp3) is 0.111. The zero-order chi connectivity index (χ0) is 12.6. The second-order valence-corrected chi connectivity index (χ2v) is 4.14. The maximum Gasteiger partial charge on any atom is 0.466 e. The SMILES string of the molecule is COc1ccc(C#[C][Na])cc1.O=P(O)(O)O. The van der Waals surface area contributed by atoms with Crippen LogP contribution in [0, 0.1) is 9.09 Å². The molecule has 0 heterocycles. The van der Waals surface area contributed by atoms with Crippen molar-refractivity contribution in [3.05, 3.63) is 29.8 Å². The van der Waals surface area contributed by atoms with E-state index < -0.39 is 7.82 Å². The topological polar surface area (TPSA) is 87.0 Å². The van der Waals surface area contributed by atoms with Gasteiger partial charge in [0, 0.05) is 0 Å². The summed E-state index contributed by atoms with van der Waals surface area (Å²) in [5.41, 5.74) is 1.06. The normalized spacial score (nSPS) is 9.38. The molecule has 0 radical (unpaired) electrons. The molecule has 82 valence electrons. The van der Waals surface area contributed by atoms with Crippen molar-refractivity contribution in [2.75, 3.05) is 7.11 Å². The molecule has 0 aliphatic rings. The van der Waals surface area contributed by atoms with Gasteiger partial charge in [0.1, 0.15) is 0 Å². The van der Waals surface area contributed by atoms with Crippen LogP contribution < -0.4 is 4.74 Å². The Bertz CT molecular complexity index is 406. The van der Waals surface area contributed by atoms with Crippen molar-refractivity contribution in [1.29, 1.82) is 0 Å². The second-order valence-electron chi connectivity index (χ2n) is 2.62. The maximum absolute atomic E-state index is 8.88. The first-order valence-electron chi connectivity index (χ1n) is 4.22. The Balaban J connectivity index is 0.000000385. The van der Waals surface area contributed by atoms with E-state index >= 15 is 0 Å². The van der Waals surface area contributed by atoms with Crippen LogP contribution in [-0.2, 0) is 4.57 Å². The van der Waals surface area contributed by atoms with Crippen LogP contribution in [0.4, 0.5) is 0 Å². The Labute approximate surface area is 111 Å². The molecular weight excluding hydrogens is 242 g/mol. The van der Waals surface area contributed by atoms with E-state index in [0.29, 0.717) is 0 Å². The van der Waals surface area contributed by atoms with E-state index in [1.807, 2.05) is 24.3 Å². The molecule has 1 aromatic carbocycles. The zero-order valence-electron chi connectivity index (χ0n) is 8.91. The van der Waals surface area contributed by atoms with Crippen LogP contribution >= 0.6 is 7.82 Å². The number of phosphoric acid groups is 1. The standard InChI is InChI=1S/C9H7O.Na.H3O4P/c1-3-8-4-6-9(10-2)7-5-8;;1-5(2,3)4/h4-7H,2H3;;(H3,1,2,3,4). The van der Waals surface area contributed by atoms with Gasteiger partial charge in [0.05, 0.1) is 0 Å². The van der Waals surface area contributed by atoms with Crippen LogP contribution in [0.25, 0.3) is 0 Å². The van der Waals surface area contributed by atoms with Gasteiger partial charge in [0.25, 0.3) is 0 Å². The first-order chi connectivity index (χ1) is 7.36. The summed E-state index contributed by atoms with van der Waals surface area (Å²) < 4.78 is 16.9. The number of rotatable bonds is 1. The summed E-state index contributed by atoms with van der Waals surface area (Å²) in [6.45, 7) is 0. The van der Waals surface area contributed by atoms with E-state index in [0.717, 1.165) is 39.2 Å². The molecule has 0 atom stereocenters. The maximum atomic E-state index is 8.88. The van der Waals surface area contributed by atoms with Crippen molar-refractivity contribution in [1.82, 2.24) is 0 Å². The van der Waals surface area contributed by atoms with Crippen molar-refractivity contribution in [3.8, 4) is 14.8 Å². The monoisotopic (exact) mass is 252 g/mol. The molecule has 0 aliphatic heterocycles. The average molecular weight is 252 g/mol. The van der Waals surface area contributed by atoms with Crippen molar-refractivity contribution >= 4 is 35.8 Å². The zero-order valence-corrected chi connectivity index (χ0v) is 11.8. The van der Waals surface area contributed by atoms with Crippen LogP contribution in [0.3, 0.4) is 0 Å². The fourth-order valence-electron chi connectivity index (χ4n) is 0.819.